The van der Waals surface area contributed by atoms with Crippen LogP contribution in [0.2, 0.25) is 0 Å². The van der Waals surface area contributed by atoms with Crippen molar-refractivity contribution in [3.8, 4) is 0 Å². The molecule has 4 heteroatoms. The third-order valence-corrected chi connectivity index (χ3v) is 3.34. The van der Waals surface area contributed by atoms with E-state index in [0.717, 1.165) is 23.8 Å². The van der Waals surface area contributed by atoms with Crippen molar-refractivity contribution in [1.29, 1.82) is 0 Å². The highest BCUT2D eigenvalue weighted by Crippen LogP contribution is 2.15. The second-order valence-corrected chi connectivity index (χ2v) is 5.06. The van der Waals surface area contributed by atoms with Crippen molar-refractivity contribution >= 4 is 11.8 Å². The first-order chi connectivity index (χ1) is 8.79. The minimum Gasteiger partial charge on any atom is -0.464 e. The predicted molar refractivity (Wildman–Crippen MR) is 75.4 cm³/mol. The summed E-state index contributed by atoms with van der Waals surface area (Å²) >= 11 is 1.77. The Morgan fingerprint density at radius 3 is 2.89 bits per heavy atom. The standard InChI is InChI=1S/C14H18N2OS/c1-11(12-4-3-7-15-8-12)16-9-13-5-6-14(17-13)10-18-2/h3-8,11,16H,9-10H2,1-2H3/t11-/m1/s1. The lowest BCUT2D eigenvalue weighted by molar-refractivity contribution is 0.442. The topological polar surface area (TPSA) is 38.1 Å². The van der Waals surface area contributed by atoms with Crippen LogP contribution in [0.5, 0.6) is 0 Å². The lowest BCUT2D eigenvalue weighted by atomic mass is 10.1. The first kappa shape index (κ1) is 13.2. The van der Waals surface area contributed by atoms with Gasteiger partial charge in [-0.15, -0.1) is 0 Å². The average molecular weight is 262 g/mol. The molecule has 1 N–H and O–H groups in total. The zero-order valence-electron chi connectivity index (χ0n) is 10.7. The van der Waals surface area contributed by atoms with E-state index in [9.17, 15) is 0 Å². The summed E-state index contributed by atoms with van der Waals surface area (Å²) in [7, 11) is 0. The van der Waals surface area contributed by atoms with Crippen molar-refractivity contribution < 1.29 is 4.42 Å². The Hall–Kier alpha value is -1.26. The number of aromatic nitrogens is 1. The zero-order valence-corrected chi connectivity index (χ0v) is 11.5. The second kappa shape index (κ2) is 6.61. The quantitative estimate of drug-likeness (QED) is 0.866. The largest absolute Gasteiger partial charge is 0.464 e. The summed E-state index contributed by atoms with van der Waals surface area (Å²) < 4.78 is 5.71. The van der Waals surface area contributed by atoms with E-state index < -0.39 is 0 Å². The van der Waals surface area contributed by atoms with Gasteiger partial charge in [0.05, 0.1) is 12.3 Å². The molecule has 1 atom stereocenters. The third kappa shape index (κ3) is 3.62. The minimum atomic E-state index is 0.271. The highest BCUT2D eigenvalue weighted by molar-refractivity contribution is 7.97. The van der Waals surface area contributed by atoms with E-state index in [4.69, 9.17) is 4.42 Å². The number of furan rings is 1. The van der Waals surface area contributed by atoms with Gasteiger partial charge in [-0.05, 0) is 36.9 Å². The molecule has 18 heavy (non-hydrogen) atoms. The molecule has 0 amide bonds. The number of rotatable bonds is 6. The van der Waals surface area contributed by atoms with Crippen LogP contribution in [0.4, 0.5) is 0 Å². The summed E-state index contributed by atoms with van der Waals surface area (Å²) in [6, 6.07) is 8.38. The Labute approximate surface area is 112 Å². The van der Waals surface area contributed by atoms with Crippen molar-refractivity contribution in [2.24, 2.45) is 0 Å². The van der Waals surface area contributed by atoms with Gasteiger partial charge >= 0.3 is 0 Å². The van der Waals surface area contributed by atoms with Crippen molar-refractivity contribution in [3.63, 3.8) is 0 Å². The SMILES string of the molecule is CSCc1ccc(CN[C@H](C)c2cccnc2)o1. The van der Waals surface area contributed by atoms with Gasteiger partial charge in [-0.25, -0.2) is 0 Å². The summed E-state index contributed by atoms with van der Waals surface area (Å²) in [5.41, 5.74) is 1.19. The molecule has 0 radical (unpaired) electrons. The van der Waals surface area contributed by atoms with E-state index in [1.54, 1.807) is 18.0 Å². The number of pyridine rings is 1. The Morgan fingerprint density at radius 2 is 2.17 bits per heavy atom. The molecule has 96 valence electrons. The summed E-state index contributed by atoms with van der Waals surface area (Å²) in [5, 5.41) is 3.43. The fourth-order valence-corrected chi connectivity index (χ4v) is 2.18. The van der Waals surface area contributed by atoms with Crippen LogP contribution in [-0.4, -0.2) is 11.2 Å². The molecule has 3 nitrogen and oxygen atoms in total. The maximum absolute atomic E-state index is 5.71. The Morgan fingerprint density at radius 1 is 1.33 bits per heavy atom. The number of thioether (sulfide) groups is 1. The Kier molecular flexibility index (Phi) is 4.84. The summed E-state index contributed by atoms with van der Waals surface area (Å²) in [6.45, 7) is 2.87. The van der Waals surface area contributed by atoms with Gasteiger partial charge < -0.3 is 9.73 Å². The lowest BCUT2D eigenvalue weighted by Gasteiger charge is -2.12. The van der Waals surface area contributed by atoms with Crippen LogP contribution in [-0.2, 0) is 12.3 Å². The van der Waals surface area contributed by atoms with E-state index in [2.05, 4.69) is 29.5 Å². The molecule has 2 aromatic heterocycles. The molecule has 2 aromatic rings. The fourth-order valence-electron chi connectivity index (χ4n) is 1.74. The smallest absolute Gasteiger partial charge is 0.118 e. The van der Waals surface area contributed by atoms with Gasteiger partial charge in [-0.3, -0.25) is 4.98 Å². The normalized spacial score (nSPS) is 12.6. The molecule has 0 aliphatic carbocycles. The van der Waals surface area contributed by atoms with Crippen molar-refractivity contribution in [2.75, 3.05) is 6.26 Å². The van der Waals surface area contributed by atoms with Crippen LogP contribution >= 0.6 is 11.8 Å². The number of hydrogen-bond donors (Lipinski definition) is 1. The maximum Gasteiger partial charge on any atom is 0.118 e. The molecule has 0 bridgehead atoms. The van der Waals surface area contributed by atoms with Gasteiger partial charge in [0.2, 0.25) is 0 Å². The van der Waals surface area contributed by atoms with E-state index in [1.165, 1.54) is 5.56 Å². The minimum absolute atomic E-state index is 0.271. The third-order valence-electron chi connectivity index (χ3n) is 2.77. The summed E-state index contributed by atoms with van der Waals surface area (Å²) in [5.74, 6) is 2.95. The Bertz CT molecular complexity index is 470. The van der Waals surface area contributed by atoms with E-state index in [-0.39, 0.29) is 6.04 Å². The second-order valence-electron chi connectivity index (χ2n) is 4.19. The molecular weight excluding hydrogens is 244 g/mol. The van der Waals surface area contributed by atoms with E-state index in [0.29, 0.717) is 0 Å². The number of hydrogen-bond acceptors (Lipinski definition) is 4. The van der Waals surface area contributed by atoms with Gasteiger partial charge in [0, 0.05) is 18.4 Å². The fraction of sp³-hybridized carbons (Fsp3) is 0.357. The monoisotopic (exact) mass is 262 g/mol. The molecular formula is C14H18N2OS. The van der Waals surface area contributed by atoms with Gasteiger partial charge in [-0.2, -0.15) is 11.8 Å². The summed E-state index contributed by atoms with van der Waals surface area (Å²) in [6.07, 6.45) is 5.75. The predicted octanol–water partition coefficient (Wildman–Crippen LogP) is 3.39. The van der Waals surface area contributed by atoms with Gasteiger partial charge in [0.1, 0.15) is 11.5 Å². The van der Waals surface area contributed by atoms with Gasteiger partial charge in [0.25, 0.3) is 0 Å². The molecule has 0 fully saturated rings. The van der Waals surface area contributed by atoms with Gasteiger partial charge in [0.15, 0.2) is 0 Å². The number of nitrogens with one attached hydrogen (secondary N) is 1. The molecule has 0 aliphatic rings. The van der Waals surface area contributed by atoms with Crippen LogP contribution in [0.25, 0.3) is 0 Å². The molecule has 2 heterocycles. The molecule has 0 aliphatic heterocycles. The van der Waals surface area contributed by atoms with Crippen molar-refractivity contribution in [3.05, 3.63) is 53.7 Å². The molecule has 0 saturated heterocycles. The molecule has 0 aromatic carbocycles. The van der Waals surface area contributed by atoms with Crippen LogP contribution < -0.4 is 5.32 Å². The average Bonchev–Trinajstić information content (AvgIpc) is 2.85. The first-order valence-corrected chi connectivity index (χ1v) is 7.39. The summed E-state index contributed by atoms with van der Waals surface area (Å²) in [4.78, 5) is 4.12. The highest BCUT2D eigenvalue weighted by Gasteiger charge is 2.06. The van der Waals surface area contributed by atoms with Crippen LogP contribution in [0.3, 0.4) is 0 Å². The van der Waals surface area contributed by atoms with Crippen LogP contribution in [0.15, 0.2) is 41.1 Å². The molecule has 0 spiro atoms. The van der Waals surface area contributed by atoms with Crippen molar-refractivity contribution in [1.82, 2.24) is 10.3 Å². The van der Waals surface area contributed by atoms with Gasteiger partial charge in [-0.1, -0.05) is 6.07 Å². The number of nitrogens with zero attached hydrogens (tertiary/aromatic N) is 1. The highest BCUT2D eigenvalue weighted by atomic mass is 32.2. The van der Waals surface area contributed by atoms with Crippen molar-refractivity contribution in [2.45, 2.75) is 25.3 Å². The Balaban J connectivity index is 1.87. The maximum atomic E-state index is 5.71. The lowest BCUT2D eigenvalue weighted by Crippen LogP contribution is -2.17. The van der Waals surface area contributed by atoms with E-state index in [1.807, 2.05) is 24.4 Å². The molecule has 2 rings (SSSR count). The van der Waals surface area contributed by atoms with Crippen LogP contribution in [0.1, 0.15) is 30.0 Å². The van der Waals surface area contributed by atoms with E-state index >= 15 is 0 Å². The van der Waals surface area contributed by atoms with Crippen LogP contribution in [0, 0.1) is 0 Å². The molecule has 0 unspecified atom stereocenters. The first-order valence-electron chi connectivity index (χ1n) is 5.99. The zero-order chi connectivity index (χ0) is 12.8. The molecule has 0 saturated carbocycles.